The summed E-state index contributed by atoms with van der Waals surface area (Å²) in [4.78, 5) is 12.6. The lowest BCUT2D eigenvalue weighted by Crippen LogP contribution is -2.04. The minimum Gasteiger partial charge on any atom is -0.508 e. The van der Waals surface area contributed by atoms with Crippen molar-refractivity contribution in [2.75, 3.05) is 0 Å². The topological polar surface area (TPSA) is 87.0 Å². The van der Waals surface area contributed by atoms with E-state index in [-0.39, 0.29) is 28.9 Å². The Morgan fingerprint density at radius 1 is 0.893 bits per heavy atom. The smallest absolute Gasteiger partial charge is 0.174 e. The van der Waals surface area contributed by atoms with Crippen molar-refractivity contribution in [1.29, 1.82) is 0 Å². The third-order valence-corrected chi connectivity index (χ3v) is 5.06. The molecular formula is C22H17ClO5. The van der Waals surface area contributed by atoms with Crippen molar-refractivity contribution in [3.63, 3.8) is 0 Å². The molecule has 1 aliphatic carbocycles. The summed E-state index contributed by atoms with van der Waals surface area (Å²) in [6.07, 6.45) is 0.635. The molecule has 6 heteroatoms. The third-order valence-electron chi connectivity index (χ3n) is 4.81. The minimum absolute atomic E-state index is 0.0182. The zero-order valence-corrected chi connectivity index (χ0v) is 15.4. The first-order chi connectivity index (χ1) is 13.4. The van der Waals surface area contributed by atoms with Gasteiger partial charge in [-0.3, -0.25) is 4.79 Å². The number of hydrogen-bond acceptors (Lipinski definition) is 5. The fourth-order valence-corrected chi connectivity index (χ4v) is 3.44. The largest absolute Gasteiger partial charge is 0.508 e. The van der Waals surface area contributed by atoms with E-state index in [1.165, 1.54) is 0 Å². The predicted molar refractivity (Wildman–Crippen MR) is 105 cm³/mol. The molecule has 0 saturated heterocycles. The standard InChI is InChI=1S/C22H17ClO5/c23-13-3-7-16(8-4-13)28-15-5-1-12(2-6-15)17-11-18(17)22(27)21-19(25)9-14(24)10-20(21)26/h1-10,17-18,24-26H,11H2. The number of carbonyl (C=O) groups is 1. The van der Waals surface area contributed by atoms with Crippen LogP contribution in [0.3, 0.4) is 0 Å². The van der Waals surface area contributed by atoms with Gasteiger partial charge in [-0.1, -0.05) is 23.7 Å². The van der Waals surface area contributed by atoms with Gasteiger partial charge in [-0.2, -0.15) is 0 Å². The lowest BCUT2D eigenvalue weighted by Gasteiger charge is -2.08. The lowest BCUT2D eigenvalue weighted by molar-refractivity contribution is 0.0960. The summed E-state index contributed by atoms with van der Waals surface area (Å²) in [5, 5.41) is 29.8. The van der Waals surface area contributed by atoms with Crippen LogP contribution in [0.25, 0.3) is 0 Å². The summed E-state index contributed by atoms with van der Waals surface area (Å²) in [5.41, 5.74) is 0.840. The Labute approximate surface area is 166 Å². The molecule has 1 aliphatic rings. The molecule has 1 saturated carbocycles. The highest BCUT2D eigenvalue weighted by atomic mass is 35.5. The van der Waals surface area contributed by atoms with Crippen LogP contribution in [0.1, 0.15) is 28.3 Å². The highest BCUT2D eigenvalue weighted by Gasteiger charge is 2.45. The van der Waals surface area contributed by atoms with Crippen LogP contribution in [0.15, 0.2) is 60.7 Å². The van der Waals surface area contributed by atoms with E-state index in [0.717, 1.165) is 17.7 Å². The number of rotatable bonds is 5. The minimum atomic E-state index is -0.417. The second kappa shape index (κ2) is 7.09. The Bertz CT molecular complexity index is 1000. The Morgan fingerprint density at radius 3 is 2.00 bits per heavy atom. The maximum atomic E-state index is 12.6. The molecule has 0 aromatic heterocycles. The Balaban J connectivity index is 1.45. The van der Waals surface area contributed by atoms with Gasteiger partial charge in [0.2, 0.25) is 0 Å². The number of benzene rings is 3. The number of phenols is 3. The van der Waals surface area contributed by atoms with Crippen molar-refractivity contribution in [3.05, 3.63) is 76.8 Å². The number of Topliss-reactive ketones (excluding diaryl/α,β-unsaturated/α-hetero) is 1. The molecule has 0 radical (unpaired) electrons. The van der Waals surface area contributed by atoms with E-state index in [1.54, 1.807) is 24.3 Å². The van der Waals surface area contributed by atoms with Gasteiger partial charge in [-0.25, -0.2) is 0 Å². The van der Waals surface area contributed by atoms with Crippen molar-refractivity contribution < 1.29 is 24.9 Å². The van der Waals surface area contributed by atoms with E-state index in [4.69, 9.17) is 16.3 Å². The van der Waals surface area contributed by atoms with Crippen LogP contribution in [0.4, 0.5) is 0 Å². The van der Waals surface area contributed by atoms with Crippen LogP contribution in [-0.4, -0.2) is 21.1 Å². The monoisotopic (exact) mass is 396 g/mol. The molecule has 0 bridgehead atoms. The maximum absolute atomic E-state index is 12.6. The first-order valence-corrected chi connectivity index (χ1v) is 9.12. The summed E-state index contributed by atoms with van der Waals surface area (Å²) in [6, 6.07) is 16.6. The molecule has 4 rings (SSSR count). The molecule has 1 fully saturated rings. The zero-order chi connectivity index (χ0) is 19.8. The SMILES string of the molecule is O=C(c1c(O)cc(O)cc1O)C1CC1c1ccc(Oc2ccc(Cl)cc2)cc1. The Morgan fingerprint density at radius 2 is 1.43 bits per heavy atom. The fraction of sp³-hybridized carbons (Fsp3) is 0.136. The lowest BCUT2D eigenvalue weighted by atomic mass is 10.0. The van der Waals surface area contributed by atoms with Crippen molar-refractivity contribution >= 4 is 17.4 Å². The van der Waals surface area contributed by atoms with Crippen LogP contribution in [0, 0.1) is 5.92 Å². The number of hydrogen-bond donors (Lipinski definition) is 3. The van der Waals surface area contributed by atoms with E-state index in [1.807, 2.05) is 24.3 Å². The fourth-order valence-electron chi connectivity index (χ4n) is 3.31. The van der Waals surface area contributed by atoms with Crippen molar-refractivity contribution in [3.8, 4) is 28.7 Å². The maximum Gasteiger partial charge on any atom is 0.174 e. The summed E-state index contributed by atoms with van der Waals surface area (Å²) >= 11 is 5.86. The van der Waals surface area contributed by atoms with Gasteiger partial charge in [-0.05, 0) is 54.3 Å². The molecule has 3 N–H and O–H groups in total. The average molecular weight is 397 g/mol. The van der Waals surface area contributed by atoms with E-state index < -0.39 is 11.5 Å². The van der Waals surface area contributed by atoms with Crippen LogP contribution < -0.4 is 4.74 Å². The van der Waals surface area contributed by atoms with E-state index >= 15 is 0 Å². The van der Waals surface area contributed by atoms with Gasteiger partial charge in [0.05, 0.1) is 0 Å². The average Bonchev–Trinajstić information content (AvgIpc) is 3.44. The van der Waals surface area contributed by atoms with Crippen LogP contribution >= 0.6 is 11.6 Å². The van der Waals surface area contributed by atoms with Gasteiger partial charge in [0.1, 0.15) is 34.3 Å². The number of carbonyl (C=O) groups excluding carboxylic acids is 1. The summed E-state index contributed by atoms with van der Waals surface area (Å²) in [7, 11) is 0. The van der Waals surface area contributed by atoms with Crippen molar-refractivity contribution in [2.45, 2.75) is 12.3 Å². The second-order valence-corrected chi connectivity index (χ2v) is 7.23. The van der Waals surface area contributed by atoms with Gasteiger partial charge in [0.25, 0.3) is 0 Å². The summed E-state index contributed by atoms with van der Waals surface area (Å²) in [5.74, 6) is -0.413. The Kier molecular flexibility index (Phi) is 4.61. The number of aromatic hydroxyl groups is 3. The van der Waals surface area contributed by atoms with Crippen molar-refractivity contribution in [1.82, 2.24) is 0 Å². The zero-order valence-electron chi connectivity index (χ0n) is 14.7. The number of phenolic OH excluding ortho intramolecular Hbond substituents is 3. The van der Waals surface area contributed by atoms with Crippen LogP contribution in [0.2, 0.25) is 5.02 Å². The molecular weight excluding hydrogens is 380 g/mol. The molecule has 0 heterocycles. The van der Waals surface area contributed by atoms with Gasteiger partial charge in [0, 0.05) is 23.1 Å². The van der Waals surface area contributed by atoms with E-state index in [0.29, 0.717) is 22.9 Å². The highest BCUT2D eigenvalue weighted by molar-refractivity contribution is 6.30. The summed E-state index contributed by atoms with van der Waals surface area (Å²) < 4.78 is 5.76. The van der Waals surface area contributed by atoms with Crippen molar-refractivity contribution in [2.24, 2.45) is 5.92 Å². The molecule has 3 aromatic rings. The molecule has 0 aliphatic heterocycles. The quantitative estimate of drug-likeness (QED) is 0.513. The Hall–Kier alpha value is -3.18. The molecule has 2 atom stereocenters. The van der Waals surface area contributed by atoms with E-state index in [2.05, 4.69) is 0 Å². The third kappa shape index (κ3) is 3.62. The highest BCUT2D eigenvalue weighted by Crippen LogP contribution is 2.51. The van der Waals surface area contributed by atoms with Gasteiger partial charge >= 0.3 is 0 Å². The normalized spacial score (nSPS) is 17.9. The van der Waals surface area contributed by atoms with Crippen LogP contribution in [0.5, 0.6) is 28.7 Å². The molecule has 2 unspecified atom stereocenters. The van der Waals surface area contributed by atoms with Crippen LogP contribution in [-0.2, 0) is 0 Å². The molecule has 3 aromatic carbocycles. The number of ketones is 1. The first kappa shape index (κ1) is 18.2. The molecule has 5 nitrogen and oxygen atoms in total. The first-order valence-electron chi connectivity index (χ1n) is 8.75. The summed E-state index contributed by atoms with van der Waals surface area (Å²) in [6.45, 7) is 0. The molecule has 142 valence electrons. The predicted octanol–water partition coefficient (Wildman–Crippen LogP) is 5.24. The number of halogens is 1. The van der Waals surface area contributed by atoms with Gasteiger partial charge in [-0.15, -0.1) is 0 Å². The van der Waals surface area contributed by atoms with Gasteiger partial charge < -0.3 is 20.1 Å². The molecule has 28 heavy (non-hydrogen) atoms. The second-order valence-electron chi connectivity index (χ2n) is 6.80. The van der Waals surface area contributed by atoms with E-state index in [9.17, 15) is 20.1 Å². The number of ether oxygens (including phenoxy) is 1. The molecule has 0 amide bonds. The van der Waals surface area contributed by atoms with Gasteiger partial charge in [0.15, 0.2) is 5.78 Å². The molecule has 0 spiro atoms.